The van der Waals surface area contributed by atoms with E-state index in [0.29, 0.717) is 0 Å². The SMILES string of the molecule is C.C.C.C.C.COC(C)(CCCCCCCC(=O)O)C(C)=O.COC(C)C(C)=O.[2HH]. The molecule has 0 amide bonds. The molecule has 6 nitrogen and oxygen atoms in total. The molecule has 0 aromatic rings. The van der Waals surface area contributed by atoms with Crippen LogP contribution in [0.15, 0.2) is 0 Å². The molecule has 184 valence electrons. The third kappa shape index (κ3) is 26.7. The molecule has 2 unspecified atom stereocenters. The number of aliphatic carboxylic acids is 1. The number of carbonyl (C=O) groups is 3. The Bertz CT molecular complexity index is 388. The molecule has 29 heavy (non-hydrogen) atoms. The van der Waals surface area contributed by atoms with Crippen LogP contribution in [0.4, 0.5) is 0 Å². The van der Waals surface area contributed by atoms with Gasteiger partial charge in [0.15, 0.2) is 11.6 Å². The number of hydrogen-bond acceptors (Lipinski definition) is 5. The second-order valence-corrected chi connectivity index (χ2v) is 6.14. The Morgan fingerprint density at radius 1 is 0.897 bits per heavy atom. The van der Waals surface area contributed by atoms with Crippen LogP contribution in [0, 0.1) is 0 Å². The lowest BCUT2D eigenvalue weighted by molar-refractivity contribution is -0.138. The van der Waals surface area contributed by atoms with E-state index in [0.717, 1.165) is 38.5 Å². The van der Waals surface area contributed by atoms with Gasteiger partial charge in [-0.2, -0.15) is 0 Å². The lowest BCUT2D eigenvalue weighted by Gasteiger charge is -2.24. The number of carboxylic acid groups (broad SMARTS) is 1. The van der Waals surface area contributed by atoms with Crippen molar-refractivity contribution in [1.82, 2.24) is 0 Å². The van der Waals surface area contributed by atoms with Gasteiger partial charge in [-0.15, -0.1) is 0 Å². The molecule has 2 atom stereocenters. The van der Waals surface area contributed by atoms with E-state index in [1.807, 2.05) is 6.92 Å². The van der Waals surface area contributed by atoms with E-state index in [4.69, 9.17) is 9.84 Å². The second kappa shape index (κ2) is 26.7. The zero-order chi connectivity index (χ0) is 19.2. The first-order chi connectivity index (χ1) is 11.1. The zero-order valence-electron chi connectivity index (χ0n) is 16.0. The molecule has 0 spiro atoms. The maximum absolute atomic E-state index is 11.3. The molecule has 0 rings (SSSR count). The van der Waals surface area contributed by atoms with Crippen LogP contribution in [0.25, 0.3) is 0 Å². The number of methoxy groups -OCH3 is 2. The van der Waals surface area contributed by atoms with Crippen molar-refractivity contribution in [2.75, 3.05) is 14.2 Å². The molecule has 0 aromatic heterocycles. The molecule has 0 heterocycles. The van der Waals surface area contributed by atoms with E-state index in [1.54, 1.807) is 21.0 Å². The van der Waals surface area contributed by atoms with Crippen LogP contribution >= 0.6 is 0 Å². The maximum atomic E-state index is 11.3. The van der Waals surface area contributed by atoms with Crippen molar-refractivity contribution in [3.05, 3.63) is 0 Å². The average molecular weight is 430 g/mol. The molecule has 0 saturated heterocycles. The summed E-state index contributed by atoms with van der Waals surface area (Å²) in [4.78, 5) is 31.9. The first-order valence-electron chi connectivity index (χ1n) is 8.42. The summed E-state index contributed by atoms with van der Waals surface area (Å²) in [6.45, 7) is 6.60. The fraction of sp³-hybridized carbons (Fsp3) is 0.870. The van der Waals surface area contributed by atoms with E-state index in [2.05, 4.69) is 4.74 Å². The molecule has 0 saturated carbocycles. The highest BCUT2D eigenvalue weighted by atomic mass is 16.5. The van der Waals surface area contributed by atoms with Gasteiger partial charge in [-0.1, -0.05) is 62.8 Å². The molecular weight excluding hydrogens is 372 g/mol. The minimum absolute atomic E-state index is 0. The molecule has 6 heteroatoms. The van der Waals surface area contributed by atoms with Crippen molar-refractivity contribution in [2.24, 2.45) is 0 Å². The van der Waals surface area contributed by atoms with Gasteiger partial charge < -0.3 is 14.6 Å². The van der Waals surface area contributed by atoms with E-state index in [9.17, 15) is 14.4 Å². The van der Waals surface area contributed by atoms with Gasteiger partial charge in [0.1, 0.15) is 11.7 Å². The Morgan fingerprint density at radius 3 is 1.59 bits per heavy atom. The molecule has 0 aromatic carbocycles. The van der Waals surface area contributed by atoms with Crippen molar-refractivity contribution >= 4 is 17.5 Å². The van der Waals surface area contributed by atoms with Crippen molar-refractivity contribution in [1.29, 1.82) is 0 Å². The number of carbonyl (C=O) groups excluding carboxylic acids is 2. The fourth-order valence-corrected chi connectivity index (χ4v) is 1.86. The summed E-state index contributed by atoms with van der Waals surface area (Å²) in [5, 5.41) is 8.46. The van der Waals surface area contributed by atoms with Crippen LogP contribution in [0.5, 0.6) is 0 Å². The van der Waals surface area contributed by atoms with Gasteiger partial charge in [0, 0.05) is 22.1 Å². The summed E-state index contributed by atoms with van der Waals surface area (Å²) in [7, 11) is 3.08. The van der Waals surface area contributed by atoms with Gasteiger partial charge in [0.05, 0.1) is 0 Å². The highest BCUT2D eigenvalue weighted by Gasteiger charge is 2.28. The highest BCUT2D eigenvalue weighted by molar-refractivity contribution is 5.84. The minimum atomic E-state index is -0.728. The Kier molecular flexibility index (Phi) is 42.5. The molecule has 0 aliphatic heterocycles. The quantitative estimate of drug-likeness (QED) is 0.342. The summed E-state index contributed by atoms with van der Waals surface area (Å²) in [6, 6.07) is 0. The normalized spacial score (nSPS) is 11.7. The lowest BCUT2D eigenvalue weighted by atomic mass is 9.94. The van der Waals surface area contributed by atoms with Crippen LogP contribution in [0.2, 0.25) is 0 Å². The molecule has 0 radical (unpaired) electrons. The molecule has 0 bridgehead atoms. The summed E-state index contributed by atoms with van der Waals surface area (Å²) in [5.41, 5.74) is -0.652. The number of hydrogen-bond donors (Lipinski definition) is 1. The monoisotopic (exact) mass is 429 g/mol. The van der Waals surface area contributed by atoms with Gasteiger partial charge in [-0.05, 0) is 40.5 Å². The van der Waals surface area contributed by atoms with Gasteiger partial charge in [0.25, 0.3) is 0 Å². The minimum Gasteiger partial charge on any atom is -0.481 e. The number of ether oxygens (including phenoxy) is 2. The Labute approximate surface area is 184 Å². The predicted molar refractivity (Wildman–Crippen MR) is 129 cm³/mol. The first-order valence-corrected chi connectivity index (χ1v) is 8.42. The third-order valence-electron chi connectivity index (χ3n) is 4.17. The van der Waals surface area contributed by atoms with E-state index >= 15 is 0 Å². The Morgan fingerprint density at radius 2 is 1.31 bits per heavy atom. The number of Topliss-reactive ketones (excluding diaryl/α,β-unsaturated/α-hetero) is 2. The van der Waals surface area contributed by atoms with Crippen LogP contribution in [-0.4, -0.2) is 48.6 Å². The largest absolute Gasteiger partial charge is 0.481 e. The van der Waals surface area contributed by atoms with E-state index < -0.39 is 11.6 Å². The third-order valence-corrected chi connectivity index (χ3v) is 4.17. The molecule has 0 fully saturated rings. The summed E-state index contributed by atoms with van der Waals surface area (Å²) >= 11 is 0. The molecule has 0 aliphatic carbocycles. The molecule has 1 N–H and O–H groups in total. The van der Waals surface area contributed by atoms with Gasteiger partial charge in [-0.25, -0.2) is 0 Å². The number of carboxylic acids is 1. The number of rotatable bonds is 12. The summed E-state index contributed by atoms with van der Waals surface area (Å²) in [5.74, 6) is -0.595. The second-order valence-electron chi connectivity index (χ2n) is 6.14. The van der Waals surface area contributed by atoms with Crippen molar-refractivity contribution in [2.45, 2.75) is 121 Å². The van der Waals surface area contributed by atoms with Crippen molar-refractivity contribution < 1.29 is 30.4 Å². The number of unbranched alkanes of at least 4 members (excludes halogenated alkanes) is 4. The van der Waals surface area contributed by atoms with Gasteiger partial charge in [-0.3, -0.25) is 14.4 Å². The first kappa shape index (κ1) is 46.1. The summed E-state index contributed by atoms with van der Waals surface area (Å²) < 4.78 is 9.89. The van der Waals surface area contributed by atoms with Crippen LogP contribution in [0.1, 0.15) is 111 Å². The molecule has 0 aliphatic rings. The fourth-order valence-electron chi connectivity index (χ4n) is 1.86. The van der Waals surface area contributed by atoms with Crippen molar-refractivity contribution in [3.63, 3.8) is 0 Å². The average Bonchev–Trinajstić information content (AvgIpc) is 2.52. The van der Waals surface area contributed by atoms with Crippen LogP contribution in [0.3, 0.4) is 0 Å². The zero-order valence-corrected chi connectivity index (χ0v) is 16.0. The summed E-state index contributed by atoms with van der Waals surface area (Å²) in [6.07, 6.45) is 5.41. The van der Waals surface area contributed by atoms with Crippen LogP contribution < -0.4 is 0 Å². The Balaban J connectivity index is -0.0000000547. The van der Waals surface area contributed by atoms with E-state index in [-0.39, 0.29) is 62.7 Å². The lowest BCUT2D eigenvalue weighted by Crippen LogP contribution is -2.35. The smallest absolute Gasteiger partial charge is 0.303 e. The van der Waals surface area contributed by atoms with E-state index in [1.165, 1.54) is 14.0 Å². The maximum Gasteiger partial charge on any atom is 0.303 e. The van der Waals surface area contributed by atoms with Crippen molar-refractivity contribution in [3.8, 4) is 0 Å². The predicted octanol–water partition coefficient (Wildman–Crippen LogP) is 6.83. The van der Waals surface area contributed by atoms with Gasteiger partial charge in [0.2, 0.25) is 0 Å². The standard InChI is InChI=1S/C13H24O4.C5H10O2.5CH4.H2/c1-11(14)13(2,17-3)10-8-6-4-5-7-9-12(15)16;1-4(6)5(2)7-3;;;;;;/h4-10H2,1-3H3,(H,15,16);5H,1-3H3;5*1H4;1H/i;;;;;;;1+1. The topological polar surface area (TPSA) is 89.9 Å². The van der Waals surface area contributed by atoms with Gasteiger partial charge >= 0.3 is 5.97 Å². The Hall–Kier alpha value is -1.27. The highest BCUT2D eigenvalue weighted by Crippen LogP contribution is 2.20. The number of ketones is 2. The van der Waals surface area contributed by atoms with Crippen LogP contribution in [-0.2, 0) is 23.9 Å². The molecular formula is C23H56O6.